The van der Waals surface area contributed by atoms with Crippen molar-refractivity contribution >= 4 is 23.7 Å². The molecule has 2 aliphatic rings. The Balaban J connectivity index is 1.74. The Bertz CT molecular complexity index is 625. The normalized spacial score (nSPS) is 23.8. The maximum Gasteiger partial charge on any atom is 0.259 e. The van der Waals surface area contributed by atoms with Crippen molar-refractivity contribution < 1.29 is 14.3 Å². The van der Waals surface area contributed by atoms with Gasteiger partial charge in [-0.05, 0) is 36.6 Å². The van der Waals surface area contributed by atoms with Gasteiger partial charge in [0.2, 0.25) is 0 Å². The number of benzene rings is 1. The fraction of sp³-hybridized carbons (Fsp3) is 0.500. The van der Waals surface area contributed by atoms with Gasteiger partial charge in [-0.2, -0.15) is 0 Å². The number of ether oxygens (including phenoxy) is 2. The summed E-state index contributed by atoms with van der Waals surface area (Å²) in [7, 11) is 3.23. The first-order valence-corrected chi connectivity index (χ1v) is 9.24. The van der Waals surface area contributed by atoms with Crippen molar-refractivity contribution in [2.45, 2.75) is 31.2 Å². The van der Waals surface area contributed by atoms with Crippen LogP contribution in [0.1, 0.15) is 31.2 Å². The third-order valence-corrected chi connectivity index (χ3v) is 5.59. The molecule has 1 aromatic rings. The number of rotatable bonds is 4. The molecule has 1 atom stereocenters. The Kier molecular flexibility index (Phi) is 5.68. The van der Waals surface area contributed by atoms with Crippen LogP contribution in [-0.2, 0) is 4.79 Å². The number of carbonyl (C=O) groups excluding carboxylic acids is 1. The smallest absolute Gasteiger partial charge is 0.259 e. The first-order chi connectivity index (χ1) is 11.7. The highest BCUT2D eigenvalue weighted by atomic mass is 32.2. The van der Waals surface area contributed by atoms with Gasteiger partial charge in [-0.25, -0.2) is 0 Å². The fourth-order valence-corrected chi connectivity index (χ4v) is 4.21. The van der Waals surface area contributed by atoms with Crippen LogP contribution >= 0.6 is 11.8 Å². The summed E-state index contributed by atoms with van der Waals surface area (Å²) in [5.74, 6) is 1.36. The van der Waals surface area contributed by atoms with Crippen molar-refractivity contribution in [3.8, 4) is 11.5 Å². The van der Waals surface area contributed by atoms with E-state index in [9.17, 15) is 4.79 Å². The zero-order chi connectivity index (χ0) is 16.9. The van der Waals surface area contributed by atoms with Gasteiger partial charge < -0.3 is 14.8 Å². The average Bonchev–Trinajstić information content (AvgIpc) is 2.81. The summed E-state index contributed by atoms with van der Waals surface area (Å²) >= 11 is 1.61. The molecule has 2 aliphatic heterocycles. The lowest BCUT2D eigenvalue weighted by atomic mass is 10.2. The van der Waals surface area contributed by atoms with E-state index in [1.54, 1.807) is 26.0 Å². The molecule has 2 fully saturated rings. The lowest BCUT2D eigenvalue weighted by molar-refractivity contribution is -0.117. The number of nitrogens with zero attached hydrogens (tertiary/aromatic N) is 1. The summed E-state index contributed by atoms with van der Waals surface area (Å²) in [5.41, 5.74) is 0.990. The van der Waals surface area contributed by atoms with Crippen molar-refractivity contribution in [2.24, 2.45) is 0 Å². The van der Waals surface area contributed by atoms with Crippen molar-refractivity contribution in [1.29, 1.82) is 0 Å². The van der Waals surface area contributed by atoms with Gasteiger partial charge in [0, 0.05) is 13.1 Å². The van der Waals surface area contributed by atoms with Gasteiger partial charge in [0.1, 0.15) is 5.50 Å². The minimum absolute atomic E-state index is 0.00373. The van der Waals surface area contributed by atoms with Crippen LogP contribution < -0.4 is 14.8 Å². The maximum atomic E-state index is 12.3. The van der Waals surface area contributed by atoms with E-state index in [1.807, 2.05) is 24.3 Å². The van der Waals surface area contributed by atoms with E-state index in [-0.39, 0.29) is 11.4 Å². The minimum Gasteiger partial charge on any atom is -0.493 e. The number of thioether (sulfide) groups is 1. The fourth-order valence-electron chi connectivity index (χ4n) is 3.08. The molecule has 0 aromatic heterocycles. The number of carbonyl (C=O) groups is 1. The standard InChI is InChI=1S/C18H24N2O3S/c1-22-14-8-7-13(11-15(14)23-2)12-16-17(21)19-18(24-16)20-9-5-3-4-6-10-20/h7-8,11-12,18H,3-6,9-10H2,1-2H3,(H,19,21)/b16-12-. The predicted octanol–water partition coefficient (Wildman–Crippen LogP) is 3.07. The number of hydrogen-bond acceptors (Lipinski definition) is 5. The SMILES string of the molecule is COc1ccc(/C=C2\SC(N3CCCCCC3)NC2=O)cc1OC. The van der Waals surface area contributed by atoms with Gasteiger partial charge >= 0.3 is 0 Å². The topological polar surface area (TPSA) is 50.8 Å². The van der Waals surface area contributed by atoms with Gasteiger partial charge in [0.25, 0.3) is 5.91 Å². The second-order valence-electron chi connectivity index (χ2n) is 6.02. The number of methoxy groups -OCH3 is 2. The van der Waals surface area contributed by atoms with E-state index in [4.69, 9.17) is 9.47 Å². The Labute approximate surface area is 147 Å². The summed E-state index contributed by atoms with van der Waals surface area (Å²) in [5, 5.41) is 3.10. The number of likely N-dealkylation sites (tertiary alicyclic amines) is 1. The first-order valence-electron chi connectivity index (χ1n) is 8.36. The highest BCUT2D eigenvalue weighted by molar-refractivity contribution is 8.05. The molecule has 6 heteroatoms. The molecule has 2 saturated heterocycles. The van der Waals surface area contributed by atoms with Crippen molar-refractivity contribution in [3.05, 3.63) is 28.7 Å². The Hall–Kier alpha value is -1.66. The summed E-state index contributed by atoms with van der Waals surface area (Å²) in [6, 6.07) is 5.68. The van der Waals surface area contributed by atoms with Crippen molar-refractivity contribution in [1.82, 2.24) is 10.2 Å². The molecule has 0 saturated carbocycles. The summed E-state index contributed by atoms with van der Waals surface area (Å²) in [6.45, 7) is 2.11. The zero-order valence-corrected chi connectivity index (χ0v) is 15.0. The molecule has 130 valence electrons. The summed E-state index contributed by atoms with van der Waals surface area (Å²) in [6.07, 6.45) is 6.91. The molecule has 5 nitrogen and oxygen atoms in total. The molecule has 1 aromatic carbocycles. The second-order valence-corrected chi connectivity index (χ2v) is 7.14. The maximum absolute atomic E-state index is 12.3. The van der Waals surface area contributed by atoms with Crippen LogP contribution in [0.15, 0.2) is 23.1 Å². The molecule has 1 amide bonds. The monoisotopic (exact) mass is 348 g/mol. The largest absolute Gasteiger partial charge is 0.493 e. The first kappa shape index (κ1) is 17.2. The molecule has 1 unspecified atom stereocenters. The van der Waals surface area contributed by atoms with E-state index >= 15 is 0 Å². The van der Waals surface area contributed by atoms with E-state index < -0.39 is 0 Å². The molecule has 1 N–H and O–H groups in total. The number of hydrogen-bond donors (Lipinski definition) is 1. The Morgan fingerprint density at radius 2 is 1.83 bits per heavy atom. The van der Waals surface area contributed by atoms with Crippen molar-refractivity contribution in [3.63, 3.8) is 0 Å². The molecule has 2 heterocycles. The van der Waals surface area contributed by atoms with Crippen LogP contribution in [0.5, 0.6) is 11.5 Å². The lowest BCUT2D eigenvalue weighted by Crippen LogP contribution is -2.42. The Morgan fingerprint density at radius 3 is 2.50 bits per heavy atom. The van der Waals surface area contributed by atoms with Crippen LogP contribution in [-0.4, -0.2) is 43.6 Å². The van der Waals surface area contributed by atoms with E-state index in [0.29, 0.717) is 11.5 Å². The van der Waals surface area contributed by atoms with Crippen LogP contribution in [0.2, 0.25) is 0 Å². The van der Waals surface area contributed by atoms with Crippen LogP contribution in [0.25, 0.3) is 6.08 Å². The molecule has 0 bridgehead atoms. The minimum atomic E-state index is 0.00373. The van der Waals surface area contributed by atoms with Gasteiger partial charge in [0.05, 0.1) is 19.1 Å². The van der Waals surface area contributed by atoms with Gasteiger partial charge in [-0.3, -0.25) is 9.69 Å². The molecule has 3 rings (SSSR count). The van der Waals surface area contributed by atoms with Crippen molar-refractivity contribution in [2.75, 3.05) is 27.3 Å². The summed E-state index contributed by atoms with van der Waals surface area (Å²) in [4.78, 5) is 15.4. The number of amides is 1. The van der Waals surface area contributed by atoms with Gasteiger partial charge in [0.15, 0.2) is 11.5 Å². The molecule has 0 aliphatic carbocycles. The van der Waals surface area contributed by atoms with E-state index in [1.165, 1.54) is 25.7 Å². The quantitative estimate of drug-likeness (QED) is 0.848. The van der Waals surface area contributed by atoms with Crippen LogP contribution in [0.3, 0.4) is 0 Å². The third-order valence-electron chi connectivity index (χ3n) is 4.39. The highest BCUT2D eigenvalue weighted by Crippen LogP contribution is 2.34. The summed E-state index contributed by atoms with van der Waals surface area (Å²) < 4.78 is 10.6. The number of nitrogens with one attached hydrogen (secondary N) is 1. The van der Waals surface area contributed by atoms with Gasteiger partial charge in [-0.15, -0.1) is 0 Å². The Morgan fingerprint density at radius 1 is 1.12 bits per heavy atom. The molecule has 24 heavy (non-hydrogen) atoms. The molecule has 0 spiro atoms. The average molecular weight is 348 g/mol. The third kappa shape index (κ3) is 3.87. The zero-order valence-electron chi connectivity index (χ0n) is 14.2. The van der Waals surface area contributed by atoms with Gasteiger partial charge in [-0.1, -0.05) is 30.7 Å². The molecular formula is C18H24N2O3S. The molecular weight excluding hydrogens is 324 g/mol. The van der Waals surface area contributed by atoms with Crippen LogP contribution in [0, 0.1) is 0 Å². The molecule has 0 radical (unpaired) electrons. The van der Waals surface area contributed by atoms with E-state index in [2.05, 4.69) is 10.2 Å². The second kappa shape index (κ2) is 7.94. The highest BCUT2D eigenvalue weighted by Gasteiger charge is 2.31. The van der Waals surface area contributed by atoms with Crippen LogP contribution in [0.4, 0.5) is 0 Å². The van der Waals surface area contributed by atoms with E-state index in [0.717, 1.165) is 23.6 Å². The predicted molar refractivity (Wildman–Crippen MR) is 97.1 cm³/mol. The lowest BCUT2D eigenvalue weighted by Gasteiger charge is -2.25.